The third kappa shape index (κ3) is 4.42. The zero-order valence-corrected chi connectivity index (χ0v) is 17.6. The number of thiophene rings is 1. The van der Waals surface area contributed by atoms with Crippen LogP contribution in [-0.4, -0.2) is 35.6 Å². The minimum absolute atomic E-state index is 0.0428. The summed E-state index contributed by atoms with van der Waals surface area (Å²) in [6.45, 7) is 0.283. The summed E-state index contributed by atoms with van der Waals surface area (Å²) >= 11 is 1.04. The molecule has 1 amide bonds. The summed E-state index contributed by atoms with van der Waals surface area (Å²) < 4.78 is 42.9. The minimum Gasteiger partial charge on any atom is -0.322 e. The Balaban J connectivity index is 1.49. The summed E-state index contributed by atoms with van der Waals surface area (Å²) in [7, 11) is -3.78. The number of nitrogens with zero attached hydrogens (tertiary/aromatic N) is 3. The highest BCUT2D eigenvalue weighted by molar-refractivity contribution is 7.91. The normalized spacial score (nSPS) is 14.2. The molecule has 0 atom stereocenters. The molecule has 0 unspecified atom stereocenters. The van der Waals surface area contributed by atoms with Crippen molar-refractivity contribution in [3.05, 3.63) is 47.4 Å². The van der Waals surface area contributed by atoms with Gasteiger partial charge in [0.1, 0.15) is 15.9 Å². The van der Waals surface area contributed by atoms with Crippen LogP contribution in [0.5, 0.6) is 0 Å². The molecule has 0 radical (unpaired) electrons. The van der Waals surface area contributed by atoms with E-state index in [1.54, 1.807) is 17.5 Å². The SMILES string of the molecule is O=C(CNS(=O)(=O)c1cccs1)Nc1cc(-c2nnc3n2CCCCC3)ccc1F. The molecular formula is C19H20FN5O3S2. The van der Waals surface area contributed by atoms with Gasteiger partial charge in [-0.05, 0) is 42.5 Å². The molecule has 1 aromatic carbocycles. The Morgan fingerprint density at radius 1 is 1.20 bits per heavy atom. The van der Waals surface area contributed by atoms with Gasteiger partial charge < -0.3 is 9.88 Å². The molecule has 0 saturated carbocycles. The van der Waals surface area contributed by atoms with Crippen molar-refractivity contribution in [1.29, 1.82) is 0 Å². The number of benzene rings is 1. The number of halogens is 1. The van der Waals surface area contributed by atoms with Gasteiger partial charge in [0.15, 0.2) is 5.82 Å². The van der Waals surface area contributed by atoms with Crippen LogP contribution in [0, 0.1) is 5.82 Å². The summed E-state index contributed by atoms with van der Waals surface area (Å²) in [5, 5.41) is 12.5. The number of hydrogen-bond acceptors (Lipinski definition) is 6. The summed E-state index contributed by atoms with van der Waals surface area (Å²) in [5.41, 5.74) is 0.588. The number of amides is 1. The van der Waals surface area contributed by atoms with E-state index in [1.807, 2.05) is 4.57 Å². The predicted octanol–water partition coefficient (Wildman–Crippen LogP) is 2.79. The van der Waals surface area contributed by atoms with E-state index in [1.165, 1.54) is 18.2 Å². The van der Waals surface area contributed by atoms with Gasteiger partial charge in [-0.25, -0.2) is 17.5 Å². The lowest BCUT2D eigenvalue weighted by atomic mass is 10.1. The van der Waals surface area contributed by atoms with Crippen LogP contribution in [0.25, 0.3) is 11.4 Å². The molecule has 0 saturated heterocycles. The van der Waals surface area contributed by atoms with Crippen molar-refractivity contribution in [3.8, 4) is 11.4 Å². The Kier molecular flexibility index (Phi) is 5.93. The number of aromatic nitrogens is 3. The highest BCUT2D eigenvalue weighted by Gasteiger charge is 2.19. The van der Waals surface area contributed by atoms with E-state index >= 15 is 0 Å². The molecule has 2 aromatic heterocycles. The number of sulfonamides is 1. The van der Waals surface area contributed by atoms with Gasteiger partial charge in [-0.2, -0.15) is 0 Å². The van der Waals surface area contributed by atoms with E-state index in [2.05, 4.69) is 20.2 Å². The Bertz CT molecular complexity index is 1160. The van der Waals surface area contributed by atoms with Crippen LogP contribution in [0.15, 0.2) is 39.9 Å². The molecule has 3 aromatic rings. The van der Waals surface area contributed by atoms with Crippen LogP contribution in [0.1, 0.15) is 25.1 Å². The number of rotatable bonds is 6. The maximum atomic E-state index is 14.3. The molecule has 2 N–H and O–H groups in total. The van der Waals surface area contributed by atoms with Crippen molar-refractivity contribution in [1.82, 2.24) is 19.5 Å². The largest absolute Gasteiger partial charge is 0.322 e. The van der Waals surface area contributed by atoms with Gasteiger partial charge in [0.25, 0.3) is 10.0 Å². The average Bonchev–Trinajstić information content (AvgIpc) is 3.35. The molecule has 1 aliphatic heterocycles. The van der Waals surface area contributed by atoms with Crippen molar-refractivity contribution in [2.45, 2.75) is 36.4 Å². The number of carbonyl (C=O) groups is 1. The number of aryl methyl sites for hydroxylation is 1. The topological polar surface area (TPSA) is 106 Å². The third-order valence-electron chi connectivity index (χ3n) is 4.79. The van der Waals surface area contributed by atoms with Gasteiger partial charge in [0.05, 0.1) is 12.2 Å². The van der Waals surface area contributed by atoms with E-state index in [-0.39, 0.29) is 9.90 Å². The van der Waals surface area contributed by atoms with Gasteiger partial charge in [0, 0.05) is 18.5 Å². The van der Waals surface area contributed by atoms with E-state index in [0.717, 1.165) is 49.4 Å². The molecule has 0 fully saturated rings. The average molecular weight is 450 g/mol. The molecule has 1 aliphatic rings. The third-order valence-corrected chi connectivity index (χ3v) is 7.59. The molecule has 0 spiro atoms. The summed E-state index contributed by atoms with van der Waals surface area (Å²) in [6.07, 6.45) is 4.05. The highest BCUT2D eigenvalue weighted by Crippen LogP contribution is 2.26. The quantitative estimate of drug-likeness (QED) is 0.602. The molecule has 0 aliphatic carbocycles. The fourth-order valence-corrected chi connectivity index (χ4v) is 5.32. The van der Waals surface area contributed by atoms with Gasteiger partial charge in [-0.1, -0.05) is 12.5 Å². The van der Waals surface area contributed by atoms with Gasteiger partial charge in [-0.15, -0.1) is 21.5 Å². The first-order valence-corrected chi connectivity index (χ1v) is 11.9. The summed E-state index contributed by atoms with van der Waals surface area (Å²) in [5.74, 6) is 0.233. The molecule has 8 nitrogen and oxygen atoms in total. The lowest BCUT2D eigenvalue weighted by Gasteiger charge is -2.11. The highest BCUT2D eigenvalue weighted by atomic mass is 32.2. The monoisotopic (exact) mass is 449 g/mol. The number of carbonyl (C=O) groups excluding carboxylic acids is 1. The predicted molar refractivity (Wildman–Crippen MR) is 111 cm³/mol. The van der Waals surface area contributed by atoms with E-state index in [9.17, 15) is 17.6 Å². The lowest BCUT2D eigenvalue weighted by molar-refractivity contribution is -0.115. The minimum atomic E-state index is -3.78. The molecule has 30 heavy (non-hydrogen) atoms. The lowest BCUT2D eigenvalue weighted by Crippen LogP contribution is -2.32. The first-order valence-electron chi connectivity index (χ1n) is 9.49. The van der Waals surface area contributed by atoms with Gasteiger partial charge in [-0.3, -0.25) is 4.79 Å². The maximum Gasteiger partial charge on any atom is 0.250 e. The number of hydrogen-bond donors (Lipinski definition) is 2. The Morgan fingerprint density at radius 2 is 2.07 bits per heavy atom. The van der Waals surface area contributed by atoms with Crippen LogP contribution >= 0.6 is 11.3 Å². The van der Waals surface area contributed by atoms with Crippen LogP contribution in [-0.2, 0) is 27.8 Å². The second kappa shape index (κ2) is 8.62. The van der Waals surface area contributed by atoms with Crippen molar-refractivity contribution >= 4 is 33.0 Å². The fraction of sp³-hybridized carbons (Fsp3) is 0.316. The Hall–Kier alpha value is -2.63. The number of fused-ring (bicyclic) bond motifs is 1. The van der Waals surface area contributed by atoms with Gasteiger partial charge in [0.2, 0.25) is 5.91 Å². The Labute approximate surface area is 177 Å². The standard InChI is InChI=1S/C19H20FN5O3S2/c20-14-8-7-13(19-24-23-16-5-2-1-3-9-25(16)19)11-15(14)22-17(26)12-21-30(27,28)18-6-4-10-29-18/h4,6-8,10-11,21H,1-3,5,9,12H2,(H,22,26). The molecule has 11 heteroatoms. The molecule has 0 bridgehead atoms. The zero-order chi connectivity index (χ0) is 21.1. The summed E-state index contributed by atoms with van der Waals surface area (Å²) in [4.78, 5) is 12.2. The second-order valence-corrected chi connectivity index (χ2v) is 9.84. The first kappa shape index (κ1) is 20.6. The zero-order valence-electron chi connectivity index (χ0n) is 16.0. The summed E-state index contributed by atoms with van der Waals surface area (Å²) in [6, 6.07) is 7.37. The van der Waals surface area contributed by atoms with Crippen LogP contribution in [0.3, 0.4) is 0 Å². The van der Waals surface area contributed by atoms with Crippen molar-refractivity contribution < 1.29 is 17.6 Å². The van der Waals surface area contributed by atoms with Crippen molar-refractivity contribution in [2.75, 3.05) is 11.9 Å². The van der Waals surface area contributed by atoms with E-state index in [0.29, 0.717) is 11.4 Å². The smallest absolute Gasteiger partial charge is 0.250 e. The van der Waals surface area contributed by atoms with E-state index < -0.39 is 28.3 Å². The molecular weight excluding hydrogens is 429 g/mol. The van der Waals surface area contributed by atoms with Gasteiger partial charge >= 0.3 is 0 Å². The molecule has 3 heterocycles. The van der Waals surface area contributed by atoms with E-state index in [4.69, 9.17) is 0 Å². The number of nitrogens with one attached hydrogen (secondary N) is 2. The molecule has 4 rings (SSSR count). The van der Waals surface area contributed by atoms with Crippen LogP contribution in [0.2, 0.25) is 0 Å². The van der Waals surface area contributed by atoms with Crippen molar-refractivity contribution in [3.63, 3.8) is 0 Å². The maximum absolute atomic E-state index is 14.3. The van der Waals surface area contributed by atoms with Crippen molar-refractivity contribution in [2.24, 2.45) is 0 Å². The first-order chi connectivity index (χ1) is 14.4. The number of anilines is 1. The Morgan fingerprint density at radius 3 is 2.87 bits per heavy atom. The molecule has 158 valence electrons. The van der Waals surface area contributed by atoms with Crippen LogP contribution in [0.4, 0.5) is 10.1 Å². The second-order valence-electron chi connectivity index (χ2n) is 6.90. The fourth-order valence-electron chi connectivity index (χ4n) is 3.30. The van der Waals surface area contributed by atoms with Crippen LogP contribution < -0.4 is 10.0 Å².